The zero-order valence-electron chi connectivity index (χ0n) is 13.6. The molecule has 0 fully saturated rings. The number of hydrogen-bond donors (Lipinski definition) is 2. The third-order valence-corrected chi connectivity index (χ3v) is 3.97. The molecular weight excluding hydrogens is 375 g/mol. The van der Waals surface area contributed by atoms with E-state index in [9.17, 15) is 14.0 Å². The van der Waals surface area contributed by atoms with Gasteiger partial charge in [-0.3, -0.25) is 20.4 Å². The van der Waals surface area contributed by atoms with Gasteiger partial charge in [0.1, 0.15) is 5.82 Å². The summed E-state index contributed by atoms with van der Waals surface area (Å²) in [5.74, 6) is -1.87. The van der Waals surface area contributed by atoms with E-state index in [1.807, 2.05) is 12.1 Å². The van der Waals surface area contributed by atoms with E-state index < -0.39 is 17.6 Å². The van der Waals surface area contributed by atoms with Gasteiger partial charge in [-0.05, 0) is 41.3 Å². The van der Waals surface area contributed by atoms with Crippen LogP contribution in [0.4, 0.5) is 4.39 Å². The molecule has 0 heterocycles. The molecule has 0 saturated carbocycles. The summed E-state index contributed by atoms with van der Waals surface area (Å²) in [6.07, 6.45) is 0. The average Bonchev–Trinajstić information content (AvgIpc) is 2.51. The van der Waals surface area contributed by atoms with Gasteiger partial charge in [-0.1, -0.05) is 48.8 Å². The van der Waals surface area contributed by atoms with Crippen LogP contribution in [0.5, 0.6) is 0 Å². The van der Waals surface area contributed by atoms with E-state index in [2.05, 4.69) is 47.6 Å². The minimum absolute atomic E-state index is 0.0116. The van der Waals surface area contributed by atoms with Crippen LogP contribution in [0.2, 0.25) is 0 Å². The van der Waals surface area contributed by atoms with Crippen LogP contribution in [0.1, 0.15) is 47.1 Å². The Morgan fingerprint density at radius 1 is 0.958 bits per heavy atom. The molecule has 0 spiro atoms. The Morgan fingerprint density at radius 3 is 2.08 bits per heavy atom. The molecule has 0 saturated heterocycles. The van der Waals surface area contributed by atoms with Crippen LogP contribution in [-0.4, -0.2) is 11.8 Å². The number of hydrogen-bond acceptors (Lipinski definition) is 2. The lowest BCUT2D eigenvalue weighted by Gasteiger charge is -2.19. The normalized spacial score (nSPS) is 11.0. The van der Waals surface area contributed by atoms with E-state index in [4.69, 9.17) is 0 Å². The third kappa shape index (κ3) is 4.41. The molecule has 0 bridgehead atoms. The largest absolute Gasteiger partial charge is 0.272 e. The summed E-state index contributed by atoms with van der Waals surface area (Å²) in [6.45, 7) is 6.24. The minimum atomic E-state index is -0.723. The molecule has 4 nitrogen and oxygen atoms in total. The Balaban J connectivity index is 2.01. The minimum Gasteiger partial charge on any atom is -0.267 e. The van der Waals surface area contributed by atoms with Gasteiger partial charge in [0.25, 0.3) is 11.8 Å². The smallest absolute Gasteiger partial charge is 0.267 e. The fourth-order valence-electron chi connectivity index (χ4n) is 2.05. The molecule has 2 N–H and O–H groups in total. The maximum absolute atomic E-state index is 13.7. The average molecular weight is 393 g/mol. The number of carbonyl (C=O) groups is 2. The maximum atomic E-state index is 13.7. The van der Waals surface area contributed by atoms with Crippen molar-refractivity contribution in [2.24, 2.45) is 0 Å². The molecule has 126 valence electrons. The zero-order valence-corrected chi connectivity index (χ0v) is 15.2. The molecule has 0 aromatic heterocycles. The van der Waals surface area contributed by atoms with E-state index >= 15 is 0 Å². The van der Waals surface area contributed by atoms with Crippen LogP contribution in [0.15, 0.2) is 46.9 Å². The van der Waals surface area contributed by atoms with Crippen LogP contribution < -0.4 is 10.9 Å². The van der Waals surface area contributed by atoms with Gasteiger partial charge < -0.3 is 0 Å². The van der Waals surface area contributed by atoms with Gasteiger partial charge in [0.05, 0.1) is 5.56 Å². The van der Waals surface area contributed by atoms with Crippen molar-refractivity contribution in [3.63, 3.8) is 0 Å². The van der Waals surface area contributed by atoms with Gasteiger partial charge in [0, 0.05) is 10.0 Å². The van der Waals surface area contributed by atoms with Gasteiger partial charge in [-0.15, -0.1) is 0 Å². The van der Waals surface area contributed by atoms with Gasteiger partial charge in [-0.25, -0.2) is 4.39 Å². The second-order valence-corrected chi connectivity index (χ2v) is 7.28. The summed E-state index contributed by atoms with van der Waals surface area (Å²) >= 11 is 3.12. The first kappa shape index (κ1) is 18.1. The first-order chi connectivity index (χ1) is 11.2. The van der Waals surface area contributed by atoms with Gasteiger partial charge in [-0.2, -0.15) is 0 Å². The number of rotatable bonds is 2. The highest BCUT2D eigenvalue weighted by Crippen LogP contribution is 2.22. The highest BCUT2D eigenvalue weighted by atomic mass is 79.9. The van der Waals surface area contributed by atoms with Crippen LogP contribution in [0.25, 0.3) is 0 Å². The zero-order chi connectivity index (χ0) is 17.9. The van der Waals surface area contributed by atoms with Crippen LogP contribution in [0, 0.1) is 5.82 Å². The standard InChI is InChI=1S/C18H18BrFN2O2/c1-18(2,3)12-6-4-11(5-7-12)16(23)21-22-17(24)14-9-8-13(19)10-15(14)20/h4-10H,1-3H3,(H,21,23)(H,22,24). The van der Waals surface area contributed by atoms with E-state index in [0.717, 1.165) is 5.56 Å². The van der Waals surface area contributed by atoms with Crippen LogP contribution in [-0.2, 0) is 5.41 Å². The van der Waals surface area contributed by atoms with Crippen molar-refractivity contribution in [2.75, 3.05) is 0 Å². The molecule has 0 atom stereocenters. The van der Waals surface area contributed by atoms with Crippen molar-refractivity contribution in [2.45, 2.75) is 26.2 Å². The monoisotopic (exact) mass is 392 g/mol. The first-order valence-corrected chi connectivity index (χ1v) is 8.14. The molecule has 0 radical (unpaired) electrons. The maximum Gasteiger partial charge on any atom is 0.272 e. The lowest BCUT2D eigenvalue weighted by atomic mass is 9.87. The molecule has 2 rings (SSSR count). The first-order valence-electron chi connectivity index (χ1n) is 7.35. The van der Waals surface area contributed by atoms with Crippen molar-refractivity contribution in [3.05, 3.63) is 69.4 Å². The third-order valence-electron chi connectivity index (χ3n) is 3.48. The summed E-state index contributed by atoms with van der Waals surface area (Å²) < 4.78 is 14.2. The van der Waals surface area contributed by atoms with Crippen molar-refractivity contribution < 1.29 is 14.0 Å². The molecular formula is C18H18BrFN2O2. The Labute approximate surface area is 148 Å². The summed E-state index contributed by atoms with van der Waals surface area (Å²) in [4.78, 5) is 24.0. The van der Waals surface area contributed by atoms with Crippen molar-refractivity contribution in [1.82, 2.24) is 10.9 Å². The van der Waals surface area contributed by atoms with Crippen LogP contribution >= 0.6 is 15.9 Å². The van der Waals surface area contributed by atoms with Gasteiger partial charge >= 0.3 is 0 Å². The van der Waals surface area contributed by atoms with Gasteiger partial charge in [0.2, 0.25) is 0 Å². The highest BCUT2D eigenvalue weighted by Gasteiger charge is 2.16. The van der Waals surface area contributed by atoms with E-state index in [0.29, 0.717) is 10.0 Å². The van der Waals surface area contributed by atoms with Crippen molar-refractivity contribution in [1.29, 1.82) is 0 Å². The second-order valence-electron chi connectivity index (χ2n) is 6.36. The molecule has 0 aliphatic heterocycles. The van der Waals surface area contributed by atoms with Crippen molar-refractivity contribution in [3.8, 4) is 0 Å². The highest BCUT2D eigenvalue weighted by molar-refractivity contribution is 9.10. The summed E-state index contributed by atoms with van der Waals surface area (Å²) in [5, 5.41) is 0. The fraction of sp³-hybridized carbons (Fsp3) is 0.222. The predicted octanol–water partition coefficient (Wildman–Crippen LogP) is 3.96. The topological polar surface area (TPSA) is 58.2 Å². The Hall–Kier alpha value is -2.21. The number of halogens is 2. The van der Waals surface area contributed by atoms with E-state index in [-0.39, 0.29) is 11.0 Å². The lowest BCUT2D eigenvalue weighted by molar-refractivity contribution is 0.0844. The molecule has 2 aromatic rings. The SMILES string of the molecule is CC(C)(C)c1ccc(C(=O)NNC(=O)c2ccc(Br)cc2F)cc1. The van der Waals surface area contributed by atoms with Gasteiger partial charge in [0.15, 0.2) is 0 Å². The van der Waals surface area contributed by atoms with E-state index in [1.54, 1.807) is 18.2 Å². The summed E-state index contributed by atoms with van der Waals surface area (Å²) in [6, 6.07) is 11.2. The molecule has 2 amide bonds. The predicted molar refractivity (Wildman–Crippen MR) is 94.2 cm³/mol. The molecule has 2 aromatic carbocycles. The number of amides is 2. The van der Waals surface area contributed by atoms with E-state index in [1.165, 1.54) is 12.1 Å². The summed E-state index contributed by atoms with van der Waals surface area (Å²) in [5.41, 5.74) is 5.83. The second kappa shape index (κ2) is 7.13. The molecule has 6 heteroatoms. The Bertz CT molecular complexity index is 768. The Morgan fingerprint density at radius 2 is 1.54 bits per heavy atom. The Kier molecular flexibility index (Phi) is 5.39. The quantitative estimate of drug-likeness (QED) is 0.759. The number of benzene rings is 2. The lowest BCUT2D eigenvalue weighted by Crippen LogP contribution is -2.42. The summed E-state index contributed by atoms with van der Waals surface area (Å²) in [7, 11) is 0. The van der Waals surface area contributed by atoms with Crippen molar-refractivity contribution >= 4 is 27.7 Å². The number of carbonyl (C=O) groups excluding carboxylic acids is 2. The molecule has 0 unspecified atom stereocenters. The van der Waals surface area contributed by atoms with Crippen LogP contribution in [0.3, 0.4) is 0 Å². The number of nitrogens with one attached hydrogen (secondary N) is 2. The molecule has 0 aliphatic rings. The molecule has 0 aliphatic carbocycles. The number of hydrazine groups is 1. The molecule has 24 heavy (non-hydrogen) atoms. The fourth-order valence-corrected chi connectivity index (χ4v) is 2.38.